The Balaban J connectivity index is 1.54. The lowest BCUT2D eigenvalue weighted by Gasteiger charge is -2.33. The van der Waals surface area contributed by atoms with Gasteiger partial charge in [0.1, 0.15) is 4.21 Å². The second-order valence-electron chi connectivity index (χ2n) is 6.20. The van der Waals surface area contributed by atoms with Crippen LogP contribution in [0.1, 0.15) is 10.5 Å². The number of amides is 1. The molecule has 0 radical (unpaired) electrons. The van der Waals surface area contributed by atoms with Crippen molar-refractivity contribution in [3.63, 3.8) is 0 Å². The molecule has 1 N–H and O–H groups in total. The van der Waals surface area contributed by atoms with Crippen LogP contribution in [0.15, 0.2) is 45.4 Å². The van der Waals surface area contributed by atoms with Crippen molar-refractivity contribution < 1.29 is 13.2 Å². The van der Waals surface area contributed by atoms with Gasteiger partial charge in [-0.1, -0.05) is 29.8 Å². The smallest absolute Gasteiger partial charge is 0.275 e. The number of nitrogens with zero attached hydrogens (tertiary/aromatic N) is 3. The number of fused-ring (bicyclic) bond motifs is 1. The zero-order valence-corrected chi connectivity index (χ0v) is 16.9. The zero-order chi connectivity index (χ0) is 19.9. The second kappa shape index (κ2) is 7.28. The molecule has 3 heterocycles. The number of rotatable bonds is 3. The van der Waals surface area contributed by atoms with E-state index in [9.17, 15) is 18.0 Å². The van der Waals surface area contributed by atoms with Gasteiger partial charge in [-0.2, -0.15) is 9.40 Å². The Labute approximate surface area is 169 Å². The van der Waals surface area contributed by atoms with Crippen LogP contribution in [0.2, 0.25) is 4.34 Å². The monoisotopic (exact) mass is 438 g/mol. The number of carbonyl (C=O) groups excluding carboxylic acids is 1. The fourth-order valence-corrected chi connectivity index (χ4v) is 6.18. The van der Waals surface area contributed by atoms with Gasteiger partial charge in [0, 0.05) is 31.6 Å². The normalized spacial score (nSPS) is 15.8. The molecule has 0 unspecified atom stereocenters. The maximum Gasteiger partial charge on any atom is 0.275 e. The Morgan fingerprint density at radius 1 is 1.07 bits per heavy atom. The maximum absolute atomic E-state index is 12.9. The van der Waals surface area contributed by atoms with Crippen LogP contribution < -0.4 is 5.56 Å². The third-order valence-corrected chi connectivity index (χ3v) is 8.16. The lowest BCUT2D eigenvalue weighted by atomic mass is 10.1. The van der Waals surface area contributed by atoms with E-state index in [0.29, 0.717) is 15.1 Å². The number of benzene rings is 1. The predicted molar refractivity (Wildman–Crippen MR) is 106 cm³/mol. The molecule has 0 aliphatic carbocycles. The van der Waals surface area contributed by atoms with Gasteiger partial charge < -0.3 is 4.90 Å². The van der Waals surface area contributed by atoms with Gasteiger partial charge in [-0.15, -0.1) is 11.3 Å². The van der Waals surface area contributed by atoms with Gasteiger partial charge >= 0.3 is 0 Å². The third kappa shape index (κ3) is 3.32. The van der Waals surface area contributed by atoms with Crippen LogP contribution in [-0.4, -0.2) is 59.9 Å². The molecule has 8 nitrogen and oxygen atoms in total. The lowest BCUT2D eigenvalue weighted by molar-refractivity contribution is 0.0693. The van der Waals surface area contributed by atoms with Gasteiger partial charge in [0.15, 0.2) is 5.69 Å². The molecule has 11 heteroatoms. The van der Waals surface area contributed by atoms with E-state index in [1.165, 1.54) is 10.4 Å². The van der Waals surface area contributed by atoms with Crippen LogP contribution in [0.25, 0.3) is 10.8 Å². The minimum Gasteiger partial charge on any atom is -0.335 e. The summed E-state index contributed by atoms with van der Waals surface area (Å²) in [5.74, 6) is -0.344. The molecule has 1 amide bonds. The van der Waals surface area contributed by atoms with E-state index in [4.69, 9.17) is 11.6 Å². The molecular weight excluding hydrogens is 424 g/mol. The first-order valence-corrected chi connectivity index (χ1v) is 11.0. The number of thiophene rings is 1. The number of H-pyrrole nitrogens is 1. The molecule has 0 spiro atoms. The Morgan fingerprint density at radius 3 is 2.39 bits per heavy atom. The van der Waals surface area contributed by atoms with Gasteiger partial charge in [0.05, 0.1) is 9.72 Å². The molecule has 146 valence electrons. The van der Waals surface area contributed by atoms with Gasteiger partial charge in [-0.25, -0.2) is 13.5 Å². The van der Waals surface area contributed by atoms with Gasteiger partial charge in [0.25, 0.3) is 21.5 Å². The minimum absolute atomic E-state index is 0.150. The quantitative estimate of drug-likeness (QED) is 0.671. The molecule has 1 saturated heterocycles. The maximum atomic E-state index is 12.9. The van der Waals surface area contributed by atoms with E-state index in [2.05, 4.69) is 10.2 Å². The number of aromatic nitrogens is 2. The highest BCUT2D eigenvalue weighted by Gasteiger charge is 2.32. The molecule has 28 heavy (non-hydrogen) atoms. The fourth-order valence-electron chi connectivity index (χ4n) is 3.12. The van der Waals surface area contributed by atoms with Crippen molar-refractivity contribution in [2.45, 2.75) is 4.21 Å². The Morgan fingerprint density at radius 2 is 1.75 bits per heavy atom. The number of sulfonamides is 1. The van der Waals surface area contributed by atoms with Gasteiger partial charge in [-0.05, 0) is 18.2 Å². The number of hydrogen-bond donors (Lipinski definition) is 1. The summed E-state index contributed by atoms with van der Waals surface area (Å²) in [6.45, 7) is 0.800. The molecule has 0 atom stereocenters. The molecule has 0 bridgehead atoms. The summed E-state index contributed by atoms with van der Waals surface area (Å²) in [4.78, 5) is 26.3. The van der Waals surface area contributed by atoms with E-state index in [1.54, 1.807) is 35.2 Å². The number of halogens is 1. The van der Waals surface area contributed by atoms with E-state index < -0.39 is 10.0 Å². The second-order valence-corrected chi connectivity index (χ2v) is 10.1. The molecule has 1 aromatic carbocycles. The highest BCUT2D eigenvalue weighted by molar-refractivity contribution is 7.91. The van der Waals surface area contributed by atoms with Crippen LogP contribution >= 0.6 is 22.9 Å². The zero-order valence-electron chi connectivity index (χ0n) is 14.5. The van der Waals surface area contributed by atoms with Crippen molar-refractivity contribution in [3.05, 3.63) is 56.8 Å². The first kappa shape index (κ1) is 19.1. The van der Waals surface area contributed by atoms with Crippen LogP contribution in [0.4, 0.5) is 0 Å². The Kier molecular flexibility index (Phi) is 4.96. The largest absolute Gasteiger partial charge is 0.335 e. The number of nitrogens with one attached hydrogen (secondary N) is 1. The summed E-state index contributed by atoms with van der Waals surface area (Å²) in [6, 6.07) is 9.78. The average Bonchev–Trinajstić information content (AvgIpc) is 3.15. The minimum atomic E-state index is -3.63. The molecule has 3 aromatic rings. The summed E-state index contributed by atoms with van der Waals surface area (Å²) >= 11 is 6.85. The van der Waals surface area contributed by atoms with Crippen molar-refractivity contribution in [2.75, 3.05) is 26.2 Å². The molecular formula is C17H15ClN4O4S2. The highest BCUT2D eigenvalue weighted by atomic mass is 35.5. The standard InChI is InChI=1S/C17H15ClN4O4S2/c18-13-5-6-14(27-13)28(25,26)22-9-7-21(8-10-22)17(24)15-11-3-1-2-4-12(11)16(23)20-19-15/h1-6H,7-10H2,(H,20,23). The van der Waals surface area contributed by atoms with Gasteiger partial charge in [-0.3, -0.25) is 9.59 Å². The Bertz CT molecular complexity index is 1210. The summed E-state index contributed by atoms with van der Waals surface area (Å²) in [5.41, 5.74) is -0.214. The highest BCUT2D eigenvalue weighted by Crippen LogP contribution is 2.28. The van der Waals surface area contributed by atoms with E-state index >= 15 is 0 Å². The van der Waals surface area contributed by atoms with Crippen molar-refractivity contribution in [1.29, 1.82) is 0 Å². The average molecular weight is 439 g/mol. The molecule has 1 aliphatic rings. The topological polar surface area (TPSA) is 103 Å². The van der Waals surface area contributed by atoms with Crippen LogP contribution in [-0.2, 0) is 10.0 Å². The van der Waals surface area contributed by atoms with Gasteiger partial charge in [0.2, 0.25) is 0 Å². The van der Waals surface area contributed by atoms with Crippen molar-refractivity contribution in [2.24, 2.45) is 0 Å². The predicted octanol–water partition coefficient (Wildman–Crippen LogP) is 1.78. The summed E-state index contributed by atoms with van der Waals surface area (Å²) in [6.07, 6.45) is 0. The fraction of sp³-hybridized carbons (Fsp3) is 0.235. The first-order valence-electron chi connectivity index (χ1n) is 8.40. The molecule has 0 saturated carbocycles. The van der Waals surface area contributed by atoms with E-state index in [1.807, 2.05) is 0 Å². The third-order valence-electron chi connectivity index (χ3n) is 4.57. The first-order chi connectivity index (χ1) is 13.4. The summed E-state index contributed by atoms with van der Waals surface area (Å²) < 4.78 is 27.3. The molecule has 1 fully saturated rings. The van der Waals surface area contributed by atoms with Crippen molar-refractivity contribution in [3.8, 4) is 0 Å². The van der Waals surface area contributed by atoms with Crippen LogP contribution in [0.5, 0.6) is 0 Å². The van der Waals surface area contributed by atoms with Crippen molar-refractivity contribution >= 4 is 49.6 Å². The van der Waals surface area contributed by atoms with Crippen LogP contribution in [0, 0.1) is 0 Å². The summed E-state index contributed by atoms with van der Waals surface area (Å²) in [7, 11) is -3.63. The van der Waals surface area contributed by atoms with E-state index in [-0.39, 0.29) is 47.5 Å². The Hall–Kier alpha value is -2.27. The number of carbonyl (C=O) groups is 1. The molecule has 4 rings (SSSR count). The molecule has 2 aromatic heterocycles. The number of aromatic amines is 1. The lowest BCUT2D eigenvalue weighted by Crippen LogP contribution is -2.50. The number of piperazine rings is 1. The molecule has 1 aliphatic heterocycles. The van der Waals surface area contributed by atoms with Crippen LogP contribution in [0.3, 0.4) is 0 Å². The van der Waals surface area contributed by atoms with Crippen molar-refractivity contribution in [1.82, 2.24) is 19.4 Å². The SMILES string of the molecule is O=C(c1n[nH]c(=O)c2ccccc12)N1CCN(S(=O)(=O)c2ccc(Cl)s2)CC1. The summed E-state index contributed by atoms with van der Waals surface area (Å²) in [5, 5.41) is 7.13. The van der Waals surface area contributed by atoms with E-state index in [0.717, 1.165) is 11.3 Å². The number of hydrogen-bond acceptors (Lipinski definition) is 6.